The Balaban J connectivity index is 1.48. The van der Waals surface area contributed by atoms with Crippen LogP contribution in [-0.4, -0.2) is 37.6 Å². The average molecular weight is 356 g/mol. The van der Waals surface area contributed by atoms with E-state index in [2.05, 4.69) is 30.5 Å². The number of nitrogens with zero attached hydrogens (tertiary/aromatic N) is 3. The summed E-state index contributed by atoms with van der Waals surface area (Å²) in [7, 11) is 0. The van der Waals surface area contributed by atoms with Gasteiger partial charge in [0.2, 0.25) is 0 Å². The molecule has 1 aliphatic rings. The molecule has 3 N–H and O–H groups in total. The van der Waals surface area contributed by atoms with Gasteiger partial charge in [0.1, 0.15) is 0 Å². The number of fused-ring (bicyclic) bond motifs is 1. The van der Waals surface area contributed by atoms with Crippen LogP contribution < -0.4 is 5.32 Å². The van der Waals surface area contributed by atoms with Gasteiger partial charge in [-0.25, -0.2) is 9.97 Å². The van der Waals surface area contributed by atoms with Gasteiger partial charge in [0.05, 0.1) is 22.6 Å². The topological polar surface area (TPSA) is 99.4 Å². The van der Waals surface area contributed by atoms with Crippen molar-refractivity contribution in [3.63, 3.8) is 0 Å². The number of carbonyl (C=O) groups is 1. The molecule has 1 aromatic carbocycles. The molecule has 0 atom stereocenters. The van der Waals surface area contributed by atoms with Crippen molar-refractivity contribution in [2.24, 2.45) is 0 Å². The van der Waals surface area contributed by atoms with Crippen molar-refractivity contribution < 1.29 is 4.79 Å². The lowest BCUT2D eigenvalue weighted by atomic mass is 10.1. The van der Waals surface area contributed by atoms with Crippen molar-refractivity contribution in [2.45, 2.75) is 6.42 Å². The van der Waals surface area contributed by atoms with Crippen LogP contribution in [0.3, 0.4) is 0 Å². The van der Waals surface area contributed by atoms with E-state index in [1.54, 1.807) is 12.4 Å². The number of amides is 1. The zero-order valence-electron chi connectivity index (χ0n) is 14.4. The van der Waals surface area contributed by atoms with Crippen LogP contribution in [0.5, 0.6) is 0 Å². The van der Waals surface area contributed by atoms with Gasteiger partial charge in [0, 0.05) is 36.6 Å². The lowest BCUT2D eigenvalue weighted by molar-refractivity contribution is 0.0946. The van der Waals surface area contributed by atoms with E-state index in [4.69, 9.17) is 0 Å². The maximum absolute atomic E-state index is 12.0. The van der Waals surface area contributed by atoms with Gasteiger partial charge in [0.15, 0.2) is 5.82 Å². The van der Waals surface area contributed by atoms with Crippen molar-refractivity contribution in [1.82, 2.24) is 30.5 Å². The SMILES string of the molecule is O=C1NCCc2[nH]c(-c3ccnc(-c4ccc(-c5ccn[nH]5)cc4)n3)cc21. The Hall–Kier alpha value is -3.74. The standard InChI is InChI=1S/C20H16N6O/c27-20-14-11-18(24-16(14)5-9-22-20)17-6-8-21-19(25-17)13-3-1-12(2-4-13)15-7-10-23-26-15/h1-4,6-8,10-11,24H,5,9H2,(H,22,27)(H,23,26). The van der Waals surface area contributed by atoms with E-state index in [-0.39, 0.29) is 5.91 Å². The van der Waals surface area contributed by atoms with Crippen LogP contribution in [0.1, 0.15) is 16.1 Å². The van der Waals surface area contributed by atoms with E-state index in [9.17, 15) is 4.79 Å². The summed E-state index contributed by atoms with van der Waals surface area (Å²) in [5, 5.41) is 9.79. The lowest BCUT2D eigenvalue weighted by Gasteiger charge is -2.10. The minimum Gasteiger partial charge on any atom is -0.356 e. The Bertz CT molecular complexity index is 1110. The van der Waals surface area contributed by atoms with Crippen LogP contribution in [0.2, 0.25) is 0 Å². The largest absolute Gasteiger partial charge is 0.356 e. The first-order valence-electron chi connectivity index (χ1n) is 8.71. The van der Waals surface area contributed by atoms with Gasteiger partial charge >= 0.3 is 0 Å². The van der Waals surface area contributed by atoms with Gasteiger partial charge in [-0.15, -0.1) is 0 Å². The van der Waals surface area contributed by atoms with Crippen LogP contribution in [0.4, 0.5) is 0 Å². The molecular weight excluding hydrogens is 340 g/mol. The number of hydrogen-bond acceptors (Lipinski definition) is 4. The molecule has 7 heteroatoms. The Morgan fingerprint density at radius 3 is 2.56 bits per heavy atom. The number of H-pyrrole nitrogens is 2. The fourth-order valence-electron chi connectivity index (χ4n) is 3.29. The van der Waals surface area contributed by atoms with Gasteiger partial charge in [-0.1, -0.05) is 24.3 Å². The second-order valence-electron chi connectivity index (χ2n) is 6.39. The molecule has 0 bridgehead atoms. The summed E-state index contributed by atoms with van der Waals surface area (Å²) in [6.07, 6.45) is 4.26. The van der Waals surface area contributed by atoms with Crippen LogP contribution in [0, 0.1) is 0 Å². The molecule has 0 saturated heterocycles. The summed E-state index contributed by atoms with van der Waals surface area (Å²) in [5.41, 5.74) is 6.18. The predicted octanol–water partition coefficient (Wildman–Crippen LogP) is 2.81. The molecule has 7 nitrogen and oxygen atoms in total. The van der Waals surface area contributed by atoms with Gasteiger partial charge in [-0.3, -0.25) is 9.89 Å². The molecule has 0 fully saturated rings. The molecule has 0 aliphatic carbocycles. The highest BCUT2D eigenvalue weighted by molar-refractivity contribution is 5.97. The summed E-state index contributed by atoms with van der Waals surface area (Å²) in [4.78, 5) is 24.4. The smallest absolute Gasteiger partial charge is 0.253 e. The summed E-state index contributed by atoms with van der Waals surface area (Å²) < 4.78 is 0. The van der Waals surface area contributed by atoms with E-state index in [0.29, 0.717) is 17.9 Å². The number of aromatic amines is 2. The number of rotatable bonds is 3. The van der Waals surface area contributed by atoms with Gasteiger partial charge in [-0.2, -0.15) is 5.10 Å². The van der Waals surface area contributed by atoms with E-state index in [1.807, 2.05) is 42.5 Å². The Morgan fingerprint density at radius 2 is 1.78 bits per heavy atom. The van der Waals surface area contributed by atoms with Crippen molar-refractivity contribution >= 4 is 5.91 Å². The Kier molecular flexibility index (Phi) is 3.57. The van der Waals surface area contributed by atoms with Crippen LogP contribution >= 0.6 is 0 Å². The third-order valence-corrected chi connectivity index (χ3v) is 4.69. The van der Waals surface area contributed by atoms with Crippen LogP contribution in [0.15, 0.2) is 54.9 Å². The normalized spacial score (nSPS) is 13.3. The molecule has 1 aliphatic heterocycles. The molecule has 27 heavy (non-hydrogen) atoms. The second kappa shape index (κ2) is 6.21. The summed E-state index contributed by atoms with van der Waals surface area (Å²) in [6.45, 7) is 0.656. The number of nitrogens with one attached hydrogen (secondary N) is 3. The van der Waals surface area contributed by atoms with Gasteiger partial charge in [-0.05, 0) is 23.8 Å². The first kappa shape index (κ1) is 15.5. The molecule has 132 valence electrons. The third-order valence-electron chi connectivity index (χ3n) is 4.69. The van der Waals surface area contributed by atoms with Crippen molar-refractivity contribution in [1.29, 1.82) is 0 Å². The fourth-order valence-corrected chi connectivity index (χ4v) is 3.29. The van der Waals surface area contributed by atoms with E-state index >= 15 is 0 Å². The minimum atomic E-state index is -0.0394. The molecule has 1 amide bonds. The average Bonchev–Trinajstić information content (AvgIpc) is 3.39. The van der Waals surface area contributed by atoms with Crippen molar-refractivity contribution in [2.75, 3.05) is 6.54 Å². The summed E-state index contributed by atoms with van der Waals surface area (Å²) in [5.74, 6) is 0.600. The first-order chi connectivity index (χ1) is 13.3. The maximum atomic E-state index is 12.0. The van der Waals surface area contributed by atoms with Crippen molar-refractivity contribution in [3.05, 3.63) is 66.1 Å². The highest BCUT2D eigenvalue weighted by Gasteiger charge is 2.20. The Morgan fingerprint density at radius 1 is 0.926 bits per heavy atom. The number of aromatic nitrogens is 5. The number of hydrogen-bond donors (Lipinski definition) is 3. The third kappa shape index (κ3) is 2.79. The monoisotopic (exact) mass is 356 g/mol. The molecule has 0 spiro atoms. The Labute approximate surface area is 154 Å². The molecule has 5 rings (SSSR count). The molecule has 4 aromatic rings. The zero-order chi connectivity index (χ0) is 18.2. The highest BCUT2D eigenvalue weighted by Crippen LogP contribution is 2.25. The first-order valence-corrected chi connectivity index (χ1v) is 8.71. The molecule has 0 saturated carbocycles. The number of benzene rings is 1. The number of carbonyl (C=O) groups excluding carboxylic acids is 1. The lowest BCUT2D eigenvalue weighted by Crippen LogP contribution is -2.31. The maximum Gasteiger partial charge on any atom is 0.253 e. The van der Waals surface area contributed by atoms with E-state index < -0.39 is 0 Å². The van der Waals surface area contributed by atoms with Crippen LogP contribution in [0.25, 0.3) is 34.0 Å². The molecule has 3 aromatic heterocycles. The van der Waals surface area contributed by atoms with Crippen molar-refractivity contribution in [3.8, 4) is 34.0 Å². The summed E-state index contributed by atoms with van der Waals surface area (Å²) in [6, 6.07) is 13.6. The zero-order valence-corrected chi connectivity index (χ0v) is 14.4. The predicted molar refractivity (Wildman–Crippen MR) is 101 cm³/mol. The highest BCUT2D eigenvalue weighted by atomic mass is 16.1. The van der Waals surface area contributed by atoms with Gasteiger partial charge in [0.25, 0.3) is 5.91 Å². The van der Waals surface area contributed by atoms with Crippen LogP contribution in [-0.2, 0) is 6.42 Å². The van der Waals surface area contributed by atoms with Gasteiger partial charge < -0.3 is 10.3 Å². The van der Waals surface area contributed by atoms with E-state index in [0.717, 1.165) is 40.3 Å². The molecule has 0 unspecified atom stereocenters. The van der Waals surface area contributed by atoms with E-state index in [1.165, 1.54) is 0 Å². The summed E-state index contributed by atoms with van der Waals surface area (Å²) >= 11 is 0. The molecule has 4 heterocycles. The molecule has 0 radical (unpaired) electrons. The minimum absolute atomic E-state index is 0.0394. The fraction of sp³-hybridized carbons (Fsp3) is 0.100. The second-order valence-corrected chi connectivity index (χ2v) is 6.39. The molecular formula is C20H16N6O. The quantitative estimate of drug-likeness (QED) is 0.525.